The van der Waals surface area contributed by atoms with E-state index >= 15 is 0 Å². The molecular formula is C12H18N2O2S. The van der Waals surface area contributed by atoms with Crippen molar-refractivity contribution in [3.63, 3.8) is 0 Å². The number of hydrogen-bond acceptors (Lipinski definition) is 4. The zero-order valence-electron chi connectivity index (χ0n) is 10.0. The molecule has 1 aromatic rings. The molecule has 1 N–H and O–H groups in total. The first-order chi connectivity index (χ1) is 7.99. The molecule has 94 valence electrons. The van der Waals surface area contributed by atoms with Crippen LogP contribution in [0, 0.1) is 5.41 Å². The summed E-state index contributed by atoms with van der Waals surface area (Å²) >= 11 is 0. The minimum absolute atomic E-state index is 0.00417. The van der Waals surface area contributed by atoms with Crippen molar-refractivity contribution in [1.82, 2.24) is 10.3 Å². The summed E-state index contributed by atoms with van der Waals surface area (Å²) in [6.45, 7) is 1.52. The Morgan fingerprint density at radius 1 is 1.47 bits per heavy atom. The van der Waals surface area contributed by atoms with Crippen LogP contribution in [0.1, 0.15) is 18.4 Å². The molecule has 0 atom stereocenters. The van der Waals surface area contributed by atoms with Gasteiger partial charge < -0.3 is 5.32 Å². The van der Waals surface area contributed by atoms with E-state index in [0.29, 0.717) is 5.75 Å². The molecule has 1 aliphatic rings. The highest BCUT2D eigenvalue weighted by atomic mass is 32.2. The zero-order valence-corrected chi connectivity index (χ0v) is 10.8. The molecule has 1 aromatic heterocycles. The van der Waals surface area contributed by atoms with Crippen LogP contribution in [0.15, 0.2) is 24.5 Å². The minimum atomic E-state index is -2.87. The Morgan fingerprint density at radius 3 is 2.76 bits per heavy atom. The fourth-order valence-corrected chi connectivity index (χ4v) is 3.58. The molecule has 2 rings (SSSR count). The van der Waals surface area contributed by atoms with E-state index in [1.54, 1.807) is 6.20 Å². The Hall–Kier alpha value is -0.940. The Morgan fingerprint density at radius 2 is 2.24 bits per heavy atom. The molecule has 4 nitrogen and oxygen atoms in total. The van der Waals surface area contributed by atoms with Gasteiger partial charge >= 0.3 is 0 Å². The van der Waals surface area contributed by atoms with Gasteiger partial charge in [-0.25, -0.2) is 8.42 Å². The van der Waals surface area contributed by atoms with Crippen molar-refractivity contribution >= 4 is 9.84 Å². The van der Waals surface area contributed by atoms with Gasteiger partial charge in [0.25, 0.3) is 0 Å². The van der Waals surface area contributed by atoms with Crippen LogP contribution in [0.2, 0.25) is 0 Å². The summed E-state index contributed by atoms with van der Waals surface area (Å²) in [4.78, 5) is 4.04. The van der Waals surface area contributed by atoms with Crippen molar-refractivity contribution in [2.45, 2.75) is 19.4 Å². The Balaban J connectivity index is 1.79. The Labute approximate surface area is 102 Å². The average Bonchev–Trinajstić information content (AvgIpc) is 2.97. The fraction of sp³-hybridized carbons (Fsp3) is 0.583. The van der Waals surface area contributed by atoms with Crippen molar-refractivity contribution in [3.8, 4) is 0 Å². The lowest BCUT2D eigenvalue weighted by Crippen LogP contribution is -2.29. The molecule has 0 aliphatic heterocycles. The molecule has 1 saturated carbocycles. The monoisotopic (exact) mass is 254 g/mol. The van der Waals surface area contributed by atoms with E-state index < -0.39 is 9.84 Å². The standard InChI is InChI=1S/C12H18N2O2S/c1-17(15,16)10-12(4-5-12)9-14-8-11-3-2-6-13-7-11/h2-3,6-7,14H,4-5,8-10H2,1H3. The molecule has 1 aliphatic carbocycles. The number of nitrogens with one attached hydrogen (secondary N) is 1. The summed E-state index contributed by atoms with van der Waals surface area (Å²) in [5.74, 6) is 0.306. The van der Waals surface area contributed by atoms with Gasteiger partial charge in [0.2, 0.25) is 0 Å². The van der Waals surface area contributed by atoms with E-state index in [1.807, 2.05) is 18.3 Å². The predicted octanol–water partition coefficient (Wildman–Crippen LogP) is 0.996. The lowest BCUT2D eigenvalue weighted by molar-refractivity contribution is 0.491. The molecule has 0 aromatic carbocycles. The number of hydrogen-bond donors (Lipinski definition) is 1. The first kappa shape index (κ1) is 12.5. The van der Waals surface area contributed by atoms with Crippen LogP contribution < -0.4 is 5.32 Å². The van der Waals surface area contributed by atoms with Gasteiger partial charge in [0.1, 0.15) is 9.84 Å². The van der Waals surface area contributed by atoms with Gasteiger partial charge in [-0.15, -0.1) is 0 Å². The maximum atomic E-state index is 11.3. The van der Waals surface area contributed by atoms with Crippen molar-refractivity contribution in [2.75, 3.05) is 18.6 Å². The molecular weight excluding hydrogens is 236 g/mol. The van der Waals surface area contributed by atoms with E-state index in [4.69, 9.17) is 0 Å². The van der Waals surface area contributed by atoms with E-state index in [2.05, 4.69) is 10.3 Å². The topological polar surface area (TPSA) is 59.1 Å². The smallest absolute Gasteiger partial charge is 0.148 e. The van der Waals surface area contributed by atoms with E-state index in [1.165, 1.54) is 6.26 Å². The van der Waals surface area contributed by atoms with Crippen LogP contribution in [-0.4, -0.2) is 32.0 Å². The van der Waals surface area contributed by atoms with Crippen molar-refractivity contribution < 1.29 is 8.42 Å². The first-order valence-electron chi connectivity index (χ1n) is 5.77. The quantitative estimate of drug-likeness (QED) is 0.822. The molecule has 0 saturated heterocycles. The van der Waals surface area contributed by atoms with Gasteiger partial charge in [0.15, 0.2) is 0 Å². The number of sulfone groups is 1. The second-order valence-electron chi connectivity index (χ2n) is 5.03. The minimum Gasteiger partial charge on any atom is -0.312 e. The largest absolute Gasteiger partial charge is 0.312 e. The Bertz CT molecular complexity index is 467. The van der Waals surface area contributed by atoms with Gasteiger partial charge in [0, 0.05) is 31.7 Å². The van der Waals surface area contributed by atoms with Crippen molar-refractivity contribution in [2.24, 2.45) is 5.41 Å². The van der Waals surface area contributed by atoms with Crippen LogP contribution in [-0.2, 0) is 16.4 Å². The van der Waals surface area contributed by atoms with E-state index in [9.17, 15) is 8.42 Å². The predicted molar refractivity (Wildman–Crippen MR) is 67.3 cm³/mol. The highest BCUT2D eigenvalue weighted by Gasteiger charge is 2.44. The summed E-state index contributed by atoms with van der Waals surface area (Å²) in [5, 5.41) is 3.32. The first-order valence-corrected chi connectivity index (χ1v) is 7.83. The van der Waals surface area contributed by atoms with Gasteiger partial charge in [0.05, 0.1) is 5.75 Å². The maximum absolute atomic E-state index is 11.3. The molecule has 1 fully saturated rings. The third-order valence-corrected chi connectivity index (χ3v) is 4.21. The second-order valence-corrected chi connectivity index (χ2v) is 7.18. The number of pyridine rings is 1. The second kappa shape index (κ2) is 4.74. The normalized spacial score (nSPS) is 17.9. The number of nitrogens with zero attached hydrogens (tertiary/aromatic N) is 1. The molecule has 0 spiro atoms. The third-order valence-electron chi connectivity index (χ3n) is 3.08. The van der Waals surface area contributed by atoms with Crippen LogP contribution in [0.3, 0.4) is 0 Å². The summed E-state index contributed by atoms with van der Waals surface area (Å²) in [7, 11) is -2.87. The molecule has 0 amide bonds. The zero-order chi connectivity index (χ0) is 12.4. The number of aromatic nitrogens is 1. The van der Waals surface area contributed by atoms with Gasteiger partial charge in [-0.2, -0.15) is 0 Å². The van der Waals surface area contributed by atoms with Crippen LogP contribution in [0.25, 0.3) is 0 Å². The van der Waals surface area contributed by atoms with Crippen molar-refractivity contribution in [3.05, 3.63) is 30.1 Å². The average molecular weight is 254 g/mol. The third kappa shape index (κ3) is 4.09. The van der Waals surface area contributed by atoms with Gasteiger partial charge in [-0.1, -0.05) is 6.07 Å². The number of rotatable bonds is 6. The molecule has 1 heterocycles. The van der Waals surface area contributed by atoms with Gasteiger partial charge in [-0.3, -0.25) is 4.98 Å². The van der Waals surface area contributed by atoms with E-state index in [0.717, 1.165) is 31.5 Å². The summed E-state index contributed by atoms with van der Waals surface area (Å²) in [6.07, 6.45) is 6.91. The molecule has 0 bridgehead atoms. The van der Waals surface area contributed by atoms with Crippen LogP contribution in [0.5, 0.6) is 0 Å². The lowest BCUT2D eigenvalue weighted by Gasteiger charge is -2.14. The fourth-order valence-electron chi connectivity index (χ4n) is 2.08. The molecule has 0 radical (unpaired) electrons. The van der Waals surface area contributed by atoms with Crippen molar-refractivity contribution in [1.29, 1.82) is 0 Å². The van der Waals surface area contributed by atoms with Crippen LogP contribution in [0.4, 0.5) is 0 Å². The SMILES string of the molecule is CS(=O)(=O)CC1(CNCc2cccnc2)CC1. The highest BCUT2D eigenvalue weighted by Crippen LogP contribution is 2.46. The summed E-state index contributed by atoms with van der Waals surface area (Å²) in [5.41, 5.74) is 1.12. The maximum Gasteiger partial charge on any atom is 0.148 e. The van der Waals surface area contributed by atoms with Crippen LogP contribution >= 0.6 is 0 Å². The highest BCUT2D eigenvalue weighted by molar-refractivity contribution is 7.90. The molecule has 5 heteroatoms. The molecule has 0 unspecified atom stereocenters. The lowest BCUT2D eigenvalue weighted by atomic mass is 10.1. The van der Waals surface area contributed by atoms with E-state index in [-0.39, 0.29) is 5.41 Å². The summed E-state index contributed by atoms with van der Waals surface area (Å²) < 4.78 is 22.6. The summed E-state index contributed by atoms with van der Waals surface area (Å²) in [6, 6.07) is 3.91. The Kier molecular flexibility index (Phi) is 3.49. The molecule has 17 heavy (non-hydrogen) atoms. The van der Waals surface area contributed by atoms with Gasteiger partial charge in [-0.05, 0) is 29.9 Å².